The fourth-order valence-electron chi connectivity index (χ4n) is 1.83. The summed E-state index contributed by atoms with van der Waals surface area (Å²) >= 11 is 0. The van der Waals surface area contributed by atoms with E-state index in [2.05, 4.69) is 5.32 Å². The summed E-state index contributed by atoms with van der Waals surface area (Å²) in [6.45, 7) is 10.5. The molecule has 0 amide bonds. The number of nitrogens with one attached hydrogen (secondary N) is 1. The van der Waals surface area contributed by atoms with Crippen LogP contribution in [0.4, 0.5) is 0 Å². The van der Waals surface area contributed by atoms with Crippen LogP contribution in [-0.4, -0.2) is 48.3 Å². The van der Waals surface area contributed by atoms with E-state index < -0.39 is 8.80 Å². The predicted octanol–water partition coefficient (Wildman–Crippen LogP) is 1.75. The first-order valence-electron chi connectivity index (χ1n) is 7.51. The summed E-state index contributed by atoms with van der Waals surface area (Å²) in [5.41, 5.74) is 5.45. The van der Waals surface area contributed by atoms with Gasteiger partial charge in [-0.2, -0.15) is 0 Å². The molecular weight excluding hydrogens is 260 g/mol. The second-order valence-electron chi connectivity index (χ2n) is 4.53. The van der Waals surface area contributed by atoms with Crippen LogP contribution in [0.5, 0.6) is 0 Å². The van der Waals surface area contributed by atoms with Gasteiger partial charge in [0, 0.05) is 26.3 Å². The Kier molecular flexibility index (Phi) is 13.0. The van der Waals surface area contributed by atoms with Gasteiger partial charge >= 0.3 is 8.80 Å². The van der Waals surface area contributed by atoms with Gasteiger partial charge in [-0.15, -0.1) is 0 Å². The zero-order chi connectivity index (χ0) is 14.4. The first-order valence-corrected chi connectivity index (χ1v) is 9.73. The summed E-state index contributed by atoms with van der Waals surface area (Å²) in [7, 11) is -2.39. The fourth-order valence-corrected chi connectivity index (χ4v) is 3.60. The molecule has 5 nitrogen and oxygen atoms in total. The smallest absolute Gasteiger partial charge is 0.374 e. The van der Waals surface area contributed by atoms with Gasteiger partial charge in [0.25, 0.3) is 0 Å². The molecule has 0 radical (unpaired) electrons. The average Bonchev–Trinajstić information content (AvgIpc) is 2.37. The van der Waals surface area contributed by atoms with Gasteiger partial charge in [0.1, 0.15) is 0 Å². The highest BCUT2D eigenvalue weighted by molar-refractivity contribution is 6.59. The average molecular weight is 292 g/mol. The van der Waals surface area contributed by atoms with Crippen molar-refractivity contribution in [3.63, 3.8) is 0 Å². The molecule has 0 aliphatic heterocycles. The number of hydrogen-bond donors (Lipinski definition) is 2. The molecule has 0 rings (SSSR count). The first kappa shape index (κ1) is 19.0. The lowest BCUT2D eigenvalue weighted by molar-refractivity contribution is 0.0746. The number of unbranched alkanes of at least 4 members (excludes halogenated alkanes) is 3. The van der Waals surface area contributed by atoms with Crippen molar-refractivity contribution in [1.29, 1.82) is 0 Å². The zero-order valence-corrected chi connectivity index (χ0v) is 13.9. The van der Waals surface area contributed by atoms with Crippen LogP contribution >= 0.6 is 0 Å². The molecule has 0 fully saturated rings. The second kappa shape index (κ2) is 13.0. The van der Waals surface area contributed by atoms with Crippen LogP contribution in [0.2, 0.25) is 6.55 Å². The van der Waals surface area contributed by atoms with Crippen molar-refractivity contribution in [3.05, 3.63) is 0 Å². The second-order valence-corrected chi connectivity index (χ2v) is 7.12. The van der Waals surface area contributed by atoms with Crippen molar-refractivity contribution < 1.29 is 13.3 Å². The molecule has 0 aromatic heterocycles. The maximum atomic E-state index is 5.77. The van der Waals surface area contributed by atoms with Crippen molar-refractivity contribution in [2.45, 2.75) is 46.1 Å². The molecule has 0 unspecified atom stereocenters. The summed E-state index contributed by atoms with van der Waals surface area (Å²) in [5.74, 6) is 0. The van der Waals surface area contributed by atoms with Crippen LogP contribution in [0.3, 0.4) is 0 Å². The Labute approximate surface area is 119 Å². The van der Waals surface area contributed by atoms with Crippen LogP contribution in [0.25, 0.3) is 0 Å². The predicted molar refractivity (Wildman–Crippen MR) is 81.2 cm³/mol. The molecule has 0 aromatic carbocycles. The molecule has 0 aliphatic carbocycles. The molecule has 0 saturated carbocycles. The summed E-state index contributed by atoms with van der Waals surface area (Å²) in [4.78, 5) is 0. The fraction of sp³-hybridized carbons (Fsp3) is 1.00. The lowest BCUT2D eigenvalue weighted by Crippen LogP contribution is -2.44. The molecule has 0 aliphatic rings. The van der Waals surface area contributed by atoms with E-state index in [9.17, 15) is 0 Å². The third-order valence-corrected chi connectivity index (χ3v) is 5.12. The molecule has 3 N–H and O–H groups in total. The van der Waals surface area contributed by atoms with Crippen LogP contribution < -0.4 is 11.1 Å². The molecule has 6 heteroatoms. The van der Waals surface area contributed by atoms with Gasteiger partial charge in [0.15, 0.2) is 0 Å². The highest BCUT2D eigenvalue weighted by atomic mass is 28.4. The molecule has 0 heterocycles. The van der Waals surface area contributed by atoms with E-state index in [1.54, 1.807) is 0 Å². The topological polar surface area (TPSA) is 65.7 Å². The van der Waals surface area contributed by atoms with E-state index in [4.69, 9.17) is 19.0 Å². The largest absolute Gasteiger partial charge is 0.497 e. The standard InChI is InChI=1S/C13H32N2O3Si/c1-4-16-19(3,17-5-2)18-13-12-15-11-9-7-6-8-10-14/h15H,4-14H2,1-3H3. The van der Waals surface area contributed by atoms with Gasteiger partial charge in [0.05, 0.1) is 6.61 Å². The van der Waals surface area contributed by atoms with Gasteiger partial charge in [-0.25, -0.2) is 0 Å². The first-order chi connectivity index (χ1) is 9.18. The zero-order valence-electron chi connectivity index (χ0n) is 12.9. The third-order valence-electron chi connectivity index (χ3n) is 2.76. The van der Waals surface area contributed by atoms with Crippen LogP contribution in [0.15, 0.2) is 0 Å². The maximum Gasteiger partial charge on any atom is 0.497 e. The molecule has 116 valence electrons. The van der Waals surface area contributed by atoms with Crippen molar-refractivity contribution in [2.24, 2.45) is 5.73 Å². The number of hydrogen-bond acceptors (Lipinski definition) is 5. The lowest BCUT2D eigenvalue weighted by atomic mass is 10.2. The molecule has 0 atom stereocenters. The minimum absolute atomic E-state index is 0.636. The maximum absolute atomic E-state index is 5.77. The molecular formula is C13H32N2O3Si. The van der Waals surface area contributed by atoms with Gasteiger partial charge in [-0.3, -0.25) is 0 Å². The number of rotatable bonds is 14. The van der Waals surface area contributed by atoms with Crippen LogP contribution in [0, 0.1) is 0 Å². The Morgan fingerprint density at radius 2 is 1.53 bits per heavy atom. The third kappa shape index (κ3) is 11.5. The number of nitrogens with two attached hydrogens (primary N) is 1. The van der Waals surface area contributed by atoms with Gasteiger partial charge in [-0.05, 0) is 39.8 Å². The van der Waals surface area contributed by atoms with Gasteiger partial charge < -0.3 is 24.3 Å². The van der Waals surface area contributed by atoms with Crippen molar-refractivity contribution in [3.8, 4) is 0 Å². The minimum Gasteiger partial charge on any atom is -0.374 e. The SMILES string of the molecule is CCO[Si](C)(OCC)OCCNCCCCCCN. The Hall–Kier alpha value is 0.0169. The molecule has 19 heavy (non-hydrogen) atoms. The van der Waals surface area contributed by atoms with E-state index >= 15 is 0 Å². The van der Waals surface area contributed by atoms with Crippen molar-refractivity contribution in [1.82, 2.24) is 5.32 Å². The highest BCUT2D eigenvalue weighted by Gasteiger charge is 2.33. The molecule has 0 aromatic rings. The Morgan fingerprint density at radius 3 is 2.11 bits per heavy atom. The van der Waals surface area contributed by atoms with E-state index in [0.29, 0.717) is 19.8 Å². The molecule has 0 bridgehead atoms. The Bertz CT molecular complexity index is 191. The Balaban J connectivity index is 3.44. The summed E-state index contributed by atoms with van der Waals surface area (Å²) < 4.78 is 17.0. The van der Waals surface area contributed by atoms with Crippen LogP contribution in [0.1, 0.15) is 39.5 Å². The van der Waals surface area contributed by atoms with E-state index in [-0.39, 0.29) is 0 Å². The monoisotopic (exact) mass is 292 g/mol. The van der Waals surface area contributed by atoms with Crippen LogP contribution in [-0.2, 0) is 13.3 Å². The van der Waals surface area contributed by atoms with E-state index in [0.717, 1.165) is 26.1 Å². The minimum atomic E-state index is -2.39. The van der Waals surface area contributed by atoms with E-state index in [1.807, 2.05) is 20.4 Å². The summed E-state index contributed by atoms with van der Waals surface area (Å²) in [6, 6.07) is 0. The normalized spacial score (nSPS) is 12.0. The molecule has 0 saturated heterocycles. The Morgan fingerprint density at radius 1 is 0.895 bits per heavy atom. The summed E-state index contributed by atoms with van der Waals surface area (Å²) in [5, 5.41) is 3.37. The molecule has 0 spiro atoms. The quantitative estimate of drug-likeness (QED) is 0.377. The lowest BCUT2D eigenvalue weighted by Gasteiger charge is -2.25. The van der Waals surface area contributed by atoms with Gasteiger partial charge in [0.2, 0.25) is 0 Å². The summed E-state index contributed by atoms with van der Waals surface area (Å²) in [6.07, 6.45) is 4.81. The van der Waals surface area contributed by atoms with E-state index in [1.165, 1.54) is 19.3 Å². The highest BCUT2D eigenvalue weighted by Crippen LogP contribution is 2.08. The van der Waals surface area contributed by atoms with Crippen molar-refractivity contribution in [2.75, 3.05) is 39.5 Å². The van der Waals surface area contributed by atoms with Gasteiger partial charge in [-0.1, -0.05) is 12.8 Å². The van der Waals surface area contributed by atoms with Crippen molar-refractivity contribution >= 4 is 8.80 Å².